The van der Waals surface area contributed by atoms with Crippen LogP contribution in [0.2, 0.25) is 0 Å². The molecule has 0 aromatic carbocycles. The fourth-order valence-corrected chi connectivity index (χ4v) is 3.94. The number of carboxylic acids is 3. The molecule has 0 spiro atoms. The summed E-state index contributed by atoms with van der Waals surface area (Å²) in [7, 11) is 8.75. The fraction of sp³-hybridized carbons (Fsp3) is 0.900. The minimum Gasteiger partial charge on any atom is -0.544 e. The van der Waals surface area contributed by atoms with Gasteiger partial charge < -0.3 is 30.3 Å². The van der Waals surface area contributed by atoms with Gasteiger partial charge in [-0.15, -0.1) is 0 Å². The monoisotopic (exact) mass is 561 g/mol. The van der Waals surface area contributed by atoms with Gasteiger partial charge in [0.05, 0.1) is 27.1 Å². The zero-order valence-corrected chi connectivity index (χ0v) is 26.4. The second-order valence-electron chi connectivity index (χ2n) is 11.8. The highest BCUT2D eigenvalue weighted by atomic mass is 16.4. The first-order valence-corrected chi connectivity index (χ1v) is 15.1. The van der Waals surface area contributed by atoms with Gasteiger partial charge in [-0.3, -0.25) is 9.69 Å². The minimum absolute atomic E-state index is 0.0694. The van der Waals surface area contributed by atoms with Crippen LogP contribution < -0.4 is 10.8 Å². The lowest BCUT2D eigenvalue weighted by Crippen LogP contribution is -2.58. The number of likely N-dealkylation sites (N-methyl/N-ethyl adjacent to an activating group) is 2. The van der Waals surface area contributed by atoms with Gasteiger partial charge >= 0.3 is 11.9 Å². The first kappa shape index (κ1) is 41.8. The summed E-state index contributed by atoms with van der Waals surface area (Å²) in [4.78, 5) is 32.4. The van der Waals surface area contributed by atoms with E-state index in [-0.39, 0.29) is 6.54 Å². The van der Waals surface area contributed by atoms with Gasteiger partial charge in [-0.1, -0.05) is 110 Å². The molecule has 1 unspecified atom stereocenters. The second-order valence-corrected chi connectivity index (χ2v) is 11.8. The number of hydrogen-bond acceptors (Lipinski definition) is 6. The molecule has 0 fully saturated rings. The van der Waals surface area contributed by atoms with Crippen LogP contribution in [0.15, 0.2) is 0 Å². The van der Waals surface area contributed by atoms with E-state index in [0.717, 1.165) is 19.3 Å². The lowest BCUT2D eigenvalue weighted by atomic mass is 10.0. The zero-order valence-electron chi connectivity index (χ0n) is 26.4. The summed E-state index contributed by atoms with van der Waals surface area (Å²) in [6.07, 6.45) is 21.4. The van der Waals surface area contributed by atoms with E-state index in [1.165, 1.54) is 88.4 Å². The van der Waals surface area contributed by atoms with Crippen LogP contribution in [0.3, 0.4) is 0 Å². The van der Waals surface area contributed by atoms with Crippen LogP contribution in [0, 0.1) is 0 Å². The van der Waals surface area contributed by atoms with Gasteiger partial charge in [0.25, 0.3) is 0 Å². The molecule has 0 rings (SSSR count). The molecular weight excluding hydrogens is 498 g/mol. The second kappa shape index (κ2) is 26.5. The predicted octanol–water partition coefficient (Wildman–Crippen LogP) is 4.86. The van der Waals surface area contributed by atoms with Crippen molar-refractivity contribution in [1.82, 2.24) is 4.90 Å². The Bertz CT molecular complexity index is 608. The number of quaternary nitrogens is 1. The Morgan fingerprint density at radius 3 is 1.26 bits per heavy atom. The van der Waals surface area contributed by atoms with Gasteiger partial charge in [0.1, 0.15) is 6.54 Å². The molecule has 0 aliphatic carbocycles. The number of unbranched alkanes of at least 4 members (excludes halogenated alkanes) is 14. The molecule has 1 atom stereocenters. The number of hydrogen-bond donors (Lipinski definition) is 3. The summed E-state index contributed by atoms with van der Waals surface area (Å²) in [6, 6.07) is 0. The van der Waals surface area contributed by atoms with E-state index in [0.29, 0.717) is 17.3 Å². The Labute approximate surface area is 239 Å². The summed E-state index contributed by atoms with van der Waals surface area (Å²) < 4.78 is 0.419. The quantitative estimate of drug-likeness (QED) is 0.0965. The maximum Gasteiger partial charge on any atom is 0.338 e. The van der Waals surface area contributed by atoms with Crippen molar-refractivity contribution in [2.75, 3.05) is 41.8 Å². The van der Waals surface area contributed by atoms with Crippen LogP contribution in [0.25, 0.3) is 0 Å². The fourth-order valence-electron chi connectivity index (χ4n) is 3.94. The van der Waals surface area contributed by atoms with Crippen LogP contribution in [0.4, 0.5) is 0 Å². The Morgan fingerprint density at radius 2 is 1.08 bits per heavy atom. The Morgan fingerprint density at radius 1 is 0.718 bits per heavy atom. The molecule has 0 radical (unpaired) electrons. The zero-order chi connectivity index (χ0) is 30.7. The van der Waals surface area contributed by atoms with E-state index in [4.69, 9.17) is 15.9 Å². The summed E-state index contributed by atoms with van der Waals surface area (Å²) in [5.41, 5.74) is 4.42. The van der Waals surface area contributed by atoms with E-state index in [2.05, 4.69) is 6.92 Å². The first-order valence-electron chi connectivity index (χ1n) is 15.1. The Hall–Kier alpha value is -1.71. The third-order valence-corrected chi connectivity index (χ3v) is 6.40. The number of rotatable bonds is 22. The van der Waals surface area contributed by atoms with Crippen LogP contribution in [-0.2, 0) is 14.4 Å². The van der Waals surface area contributed by atoms with Crippen molar-refractivity contribution >= 4 is 17.9 Å². The third kappa shape index (κ3) is 32.4. The van der Waals surface area contributed by atoms with Gasteiger partial charge in [-0.05, 0) is 26.9 Å². The molecule has 0 bridgehead atoms. The minimum atomic E-state index is -1.20. The Balaban J connectivity index is -0.000000570. The molecule has 0 aromatic heterocycles. The number of carbonyl (C=O) groups excluding carboxylic acids is 1. The molecule has 0 aliphatic rings. The van der Waals surface area contributed by atoms with Gasteiger partial charge in [0, 0.05) is 6.42 Å². The van der Waals surface area contributed by atoms with Gasteiger partial charge in [-0.2, -0.15) is 0 Å². The predicted molar refractivity (Wildman–Crippen MR) is 158 cm³/mol. The van der Waals surface area contributed by atoms with E-state index in [1.807, 2.05) is 6.92 Å². The van der Waals surface area contributed by atoms with Crippen molar-refractivity contribution in [2.24, 2.45) is 5.73 Å². The number of carboxylic acid groups (broad SMARTS) is 3. The molecule has 0 saturated carbocycles. The average Bonchev–Trinajstić information content (AvgIpc) is 2.80. The summed E-state index contributed by atoms with van der Waals surface area (Å²) >= 11 is 0. The highest BCUT2D eigenvalue weighted by molar-refractivity contribution is 5.77. The van der Waals surface area contributed by atoms with Crippen molar-refractivity contribution in [3.8, 4) is 0 Å². The topological polar surface area (TPSA) is 144 Å². The number of aliphatic carboxylic acids is 3. The molecule has 39 heavy (non-hydrogen) atoms. The largest absolute Gasteiger partial charge is 0.544 e. The molecule has 0 saturated heterocycles. The van der Waals surface area contributed by atoms with E-state index >= 15 is 0 Å². The van der Waals surface area contributed by atoms with Gasteiger partial charge in [0.15, 0.2) is 5.66 Å². The first-order chi connectivity index (χ1) is 18.1. The number of carbonyl (C=O) groups is 3. The lowest BCUT2D eigenvalue weighted by Gasteiger charge is -2.31. The lowest BCUT2D eigenvalue weighted by molar-refractivity contribution is -0.864. The average molecular weight is 562 g/mol. The van der Waals surface area contributed by atoms with E-state index in [9.17, 15) is 19.5 Å². The standard InChI is InChI=1S/C18H36O2.C7H16N2O2.C5H11NO2/c1-2-3-4-5-6-7-8-9-10-11-12-13-14-15-16-17-18(19)20;1-4-5-7(8,6(10)11)9(2)3;1-6(2,3)4-5(7)8/h2-17H2,1H3,(H,19,20);4-5,8H2,1-3H3,(H,10,11);4H2,1-3H3. The highest BCUT2D eigenvalue weighted by Gasteiger charge is 2.35. The van der Waals surface area contributed by atoms with Gasteiger partial charge in [0.2, 0.25) is 0 Å². The van der Waals surface area contributed by atoms with Crippen LogP contribution in [0.1, 0.15) is 129 Å². The van der Waals surface area contributed by atoms with Crippen LogP contribution in [-0.4, -0.2) is 84.9 Å². The van der Waals surface area contributed by atoms with E-state index in [1.54, 1.807) is 35.2 Å². The smallest absolute Gasteiger partial charge is 0.338 e. The summed E-state index contributed by atoms with van der Waals surface area (Å²) in [5, 5.41) is 27.2. The van der Waals surface area contributed by atoms with E-state index < -0.39 is 23.6 Å². The SMILES string of the molecule is CCCC(N)(C(=O)O)N(C)C.CCCCCCCCCCCCCCCCCC(=O)O.C[N+](C)(C)CC(=O)[O-]. The normalized spacial score (nSPS) is 12.5. The van der Waals surface area contributed by atoms with Crippen LogP contribution in [0.5, 0.6) is 0 Å². The van der Waals surface area contributed by atoms with Crippen molar-refractivity contribution in [2.45, 2.75) is 135 Å². The third-order valence-electron chi connectivity index (χ3n) is 6.40. The molecule has 0 heterocycles. The van der Waals surface area contributed by atoms with Crippen molar-refractivity contribution in [1.29, 1.82) is 0 Å². The number of nitrogens with two attached hydrogens (primary N) is 1. The maximum atomic E-state index is 10.7. The van der Waals surface area contributed by atoms with Gasteiger partial charge in [-0.25, -0.2) is 4.79 Å². The molecule has 9 heteroatoms. The Kier molecular flexibility index (Phi) is 28.4. The molecule has 0 amide bonds. The maximum absolute atomic E-state index is 10.7. The highest BCUT2D eigenvalue weighted by Crippen LogP contribution is 2.14. The van der Waals surface area contributed by atoms with Crippen molar-refractivity contribution in [3.63, 3.8) is 0 Å². The summed E-state index contributed by atoms with van der Waals surface area (Å²) in [6.45, 7) is 4.25. The van der Waals surface area contributed by atoms with Crippen molar-refractivity contribution in [3.05, 3.63) is 0 Å². The molecule has 234 valence electrons. The molecule has 0 aliphatic heterocycles. The van der Waals surface area contributed by atoms with Crippen molar-refractivity contribution < 1.29 is 34.2 Å². The molecule has 4 N–H and O–H groups in total. The summed E-state index contributed by atoms with van der Waals surface area (Å²) in [5.74, 6) is -2.62. The number of nitrogens with zero attached hydrogens (tertiary/aromatic N) is 2. The van der Waals surface area contributed by atoms with Crippen LogP contribution >= 0.6 is 0 Å². The molecule has 9 nitrogen and oxygen atoms in total. The molecular formula is C30H63N3O6. The molecule has 0 aromatic rings.